The minimum Gasteiger partial charge on any atom is -0.458 e. The number of aliphatic hydroxyl groups excluding tert-OH is 1. The number of aliphatic hydroxyl groups is 1. The Morgan fingerprint density at radius 3 is 1.69 bits per heavy atom. The van der Waals surface area contributed by atoms with Crippen molar-refractivity contribution in [3.8, 4) is 0 Å². The fraction of sp³-hybridized carbons (Fsp3) is 0.707. The molecule has 0 spiro atoms. The number of esters is 1. The highest BCUT2D eigenvalue weighted by atomic mass is 16.5. The number of rotatable bonds is 33. The second-order valence-corrected chi connectivity index (χ2v) is 30.2. The van der Waals surface area contributed by atoms with Gasteiger partial charge in [-0.05, 0) is 112 Å². The van der Waals surface area contributed by atoms with Gasteiger partial charge in [0, 0.05) is 19.4 Å². The minimum atomic E-state index is -1.83. The standard InChI is InChI=1S/C75H124N14O16/c1-20-44(16)59(71(100)88-62-47(19)105-75(104)58(43(14)15)84-63(92)49(22-3)77-65(94)51(37-48-30-24-23-25-31-48)79-67(96)55(40(8)9)81-70(99)60(45(17)21-2)86-73(62)102)85-64(93)50(32-27-35-76)78-66(95)52-33-28-36-89(52)74(103)57(42(12)13)83-69(98)56(41(10)11)82-72(101)61(46(18)90)87-68(97)54(39(6)7)80-53(91)34-26-29-38(4)5/h22-25,30-31,38-47,50-52,54-62,90H,20-21,26-29,32-37,76H2,1-19H3,(H,77,94)(H,78,95)(H,79,96)(H,80,91)(H,81,99)(H,82,101)(H,83,98)(H,84,92)(H,85,93)(H,86,102)(H,87,97)(H,88,100)/b49-22-/t44-,45-,46+,47+,50-,51-,52+,54-,55?,56+,57-,58-,59+,60+,61-,62?/m0/s1. The molecule has 2 saturated heterocycles. The minimum absolute atomic E-state index is 0.0355. The molecule has 0 aliphatic carbocycles. The molecule has 3 rings (SSSR count). The lowest BCUT2D eigenvalue weighted by Crippen LogP contribution is -2.64. The molecule has 0 saturated carbocycles. The largest absolute Gasteiger partial charge is 0.458 e. The van der Waals surface area contributed by atoms with Gasteiger partial charge in [-0.3, -0.25) is 62.3 Å². The Balaban J connectivity index is 2.00. The number of carbonyl (C=O) groups excluding carboxylic acids is 14. The van der Waals surface area contributed by atoms with Crippen molar-refractivity contribution in [2.45, 2.75) is 280 Å². The summed E-state index contributed by atoms with van der Waals surface area (Å²) in [7, 11) is 0. The number of carbonyl (C=O) groups is 14. The van der Waals surface area contributed by atoms with E-state index in [0.717, 1.165) is 6.42 Å². The van der Waals surface area contributed by atoms with E-state index in [9.17, 15) is 62.6 Å². The van der Waals surface area contributed by atoms with Crippen LogP contribution in [-0.2, 0) is 78.3 Å². The van der Waals surface area contributed by atoms with Gasteiger partial charge in [0.15, 0.2) is 0 Å². The van der Waals surface area contributed by atoms with Gasteiger partial charge in [0.2, 0.25) is 70.9 Å². The molecule has 0 aromatic heterocycles. The lowest BCUT2D eigenvalue weighted by molar-refractivity contribution is -0.157. The monoisotopic (exact) mass is 1480 g/mol. The van der Waals surface area contributed by atoms with Crippen LogP contribution in [-0.4, -0.2) is 191 Å². The smallest absolute Gasteiger partial charge is 0.329 e. The van der Waals surface area contributed by atoms with Crippen LogP contribution in [0.5, 0.6) is 0 Å². The van der Waals surface area contributed by atoms with E-state index in [4.69, 9.17) is 10.5 Å². The number of cyclic esters (lactones) is 1. The molecular formula is C75H124N14O16. The summed E-state index contributed by atoms with van der Waals surface area (Å²) in [6, 6.07) is -7.67. The number of benzene rings is 1. The molecule has 105 heavy (non-hydrogen) atoms. The van der Waals surface area contributed by atoms with E-state index in [0.29, 0.717) is 30.7 Å². The highest BCUT2D eigenvalue weighted by molar-refractivity contribution is 6.03. The maximum absolute atomic E-state index is 15.0. The van der Waals surface area contributed by atoms with Crippen LogP contribution in [0.25, 0.3) is 0 Å². The molecule has 30 nitrogen and oxygen atoms in total. The number of hydrogen-bond donors (Lipinski definition) is 14. The van der Waals surface area contributed by atoms with Gasteiger partial charge in [0.25, 0.3) is 5.91 Å². The Morgan fingerprint density at radius 2 is 1.15 bits per heavy atom. The summed E-state index contributed by atoms with van der Waals surface area (Å²) in [5.41, 5.74) is 6.34. The Hall–Kier alpha value is -8.54. The molecule has 2 aliphatic heterocycles. The van der Waals surface area contributed by atoms with Crippen LogP contribution >= 0.6 is 0 Å². The van der Waals surface area contributed by atoms with Crippen LogP contribution < -0.4 is 69.5 Å². The summed E-state index contributed by atoms with van der Waals surface area (Å²) in [4.78, 5) is 202. The molecular weight excluding hydrogens is 1350 g/mol. The van der Waals surface area contributed by atoms with Crippen LogP contribution in [0.3, 0.4) is 0 Å². The number of likely N-dealkylation sites (tertiary alicyclic amines) is 1. The predicted octanol–water partition coefficient (Wildman–Crippen LogP) is 1.84. The topological polar surface area (TPSA) is 442 Å². The van der Waals surface area contributed by atoms with Gasteiger partial charge >= 0.3 is 5.97 Å². The van der Waals surface area contributed by atoms with Crippen LogP contribution in [0.2, 0.25) is 0 Å². The number of ether oxygens (including phenoxy) is 1. The van der Waals surface area contributed by atoms with E-state index < -0.39 is 203 Å². The Labute approximate surface area is 620 Å². The molecule has 13 amide bonds. The Bertz CT molecular complexity index is 3160. The first kappa shape index (κ1) is 90.7. The molecule has 15 N–H and O–H groups in total. The average Bonchev–Trinajstić information content (AvgIpc) is 1.79. The van der Waals surface area contributed by atoms with Crippen molar-refractivity contribution in [1.82, 2.24) is 68.7 Å². The quantitative estimate of drug-likeness (QED) is 0.0353. The van der Waals surface area contributed by atoms with E-state index in [1.54, 1.807) is 127 Å². The van der Waals surface area contributed by atoms with E-state index >= 15 is 9.59 Å². The normalized spacial score (nSPS) is 22.6. The SMILES string of the molecule is C/C=C1\NC(=O)[C@H](Cc2ccccc2)NC(=O)C(C(C)C)NC(=O)[C@@H]([C@@H](C)CC)NC(=O)C(NC(=O)[C@H](NC(=O)[C@H](CCCN)NC(=O)[C@H]2CCCN2C(=O)[C@@H](NC(=O)[C@H](NC(=O)[C@@H](NC(=O)[C@@H](NC(=O)CCCC(C)C)C(C)C)[C@@H](C)O)C(C)C)C(C)C)[C@@H](C)CC)[C@@H](C)OC(=O)[C@H](C(C)C)NC1=O. The van der Waals surface area contributed by atoms with Crippen molar-refractivity contribution < 1.29 is 77.0 Å². The summed E-state index contributed by atoms with van der Waals surface area (Å²) in [5.74, 6) is -15.1. The summed E-state index contributed by atoms with van der Waals surface area (Å²) < 4.78 is 5.96. The first-order valence-electron chi connectivity index (χ1n) is 37.5. The molecule has 16 atom stereocenters. The van der Waals surface area contributed by atoms with Crippen molar-refractivity contribution in [2.24, 2.45) is 53.1 Å². The number of hydrogen-bond acceptors (Lipinski definition) is 17. The number of nitrogens with zero attached hydrogens (tertiary/aromatic N) is 1. The predicted molar refractivity (Wildman–Crippen MR) is 395 cm³/mol. The zero-order valence-corrected chi connectivity index (χ0v) is 65.2. The van der Waals surface area contributed by atoms with Crippen molar-refractivity contribution in [3.63, 3.8) is 0 Å². The highest BCUT2D eigenvalue weighted by Gasteiger charge is 2.44. The molecule has 0 radical (unpaired) electrons. The lowest BCUT2D eigenvalue weighted by atomic mass is 9.95. The second-order valence-electron chi connectivity index (χ2n) is 30.2. The van der Waals surface area contributed by atoms with E-state index in [2.05, 4.69) is 63.8 Å². The van der Waals surface area contributed by atoms with Crippen molar-refractivity contribution in [3.05, 3.63) is 47.7 Å². The molecule has 2 fully saturated rings. The van der Waals surface area contributed by atoms with Crippen LogP contribution in [0.1, 0.15) is 195 Å². The van der Waals surface area contributed by atoms with Crippen molar-refractivity contribution in [2.75, 3.05) is 13.1 Å². The van der Waals surface area contributed by atoms with E-state index in [1.165, 1.54) is 31.7 Å². The first-order valence-corrected chi connectivity index (χ1v) is 37.5. The van der Waals surface area contributed by atoms with Crippen LogP contribution in [0.4, 0.5) is 0 Å². The highest BCUT2D eigenvalue weighted by Crippen LogP contribution is 2.23. The Kier molecular flexibility index (Phi) is 37.8. The summed E-state index contributed by atoms with van der Waals surface area (Å²) in [6.45, 7) is 31.8. The molecule has 590 valence electrons. The average molecular weight is 1480 g/mol. The van der Waals surface area contributed by atoms with Gasteiger partial charge in [-0.15, -0.1) is 0 Å². The molecule has 1 aromatic carbocycles. The zero-order valence-electron chi connectivity index (χ0n) is 65.2. The third kappa shape index (κ3) is 27.7. The summed E-state index contributed by atoms with van der Waals surface area (Å²) in [6.07, 6.45) is 1.02. The second kappa shape index (κ2) is 43.8. The van der Waals surface area contributed by atoms with Crippen molar-refractivity contribution in [1.29, 1.82) is 0 Å². The molecule has 2 heterocycles. The van der Waals surface area contributed by atoms with Crippen LogP contribution in [0, 0.1) is 47.3 Å². The number of nitrogens with one attached hydrogen (secondary N) is 12. The fourth-order valence-corrected chi connectivity index (χ4v) is 12.1. The lowest BCUT2D eigenvalue weighted by Gasteiger charge is -2.33. The van der Waals surface area contributed by atoms with Gasteiger partial charge in [-0.1, -0.05) is 166 Å². The number of nitrogens with two attached hydrogens (primary N) is 1. The summed E-state index contributed by atoms with van der Waals surface area (Å²) >= 11 is 0. The third-order valence-electron chi connectivity index (χ3n) is 19.3. The van der Waals surface area contributed by atoms with Gasteiger partial charge < -0.3 is 84.3 Å². The Morgan fingerprint density at radius 1 is 0.610 bits per heavy atom. The van der Waals surface area contributed by atoms with Gasteiger partial charge in [0.05, 0.1) is 6.10 Å². The fourth-order valence-electron chi connectivity index (χ4n) is 12.1. The van der Waals surface area contributed by atoms with Gasteiger partial charge in [-0.25, -0.2) is 4.79 Å². The molecule has 0 bridgehead atoms. The molecule has 30 heteroatoms. The van der Waals surface area contributed by atoms with Crippen molar-refractivity contribution >= 4 is 82.8 Å². The molecule has 1 aromatic rings. The van der Waals surface area contributed by atoms with E-state index in [1.807, 2.05) is 13.8 Å². The van der Waals surface area contributed by atoms with E-state index in [-0.39, 0.29) is 63.2 Å². The third-order valence-corrected chi connectivity index (χ3v) is 19.3. The maximum atomic E-state index is 15.0. The number of allylic oxidation sites excluding steroid dienone is 1. The first-order chi connectivity index (χ1) is 49.2. The van der Waals surface area contributed by atoms with Gasteiger partial charge in [0.1, 0.15) is 84.3 Å². The number of amides is 13. The maximum Gasteiger partial charge on any atom is 0.329 e. The van der Waals surface area contributed by atoms with Crippen LogP contribution in [0.15, 0.2) is 42.1 Å². The molecule has 2 aliphatic rings. The molecule has 2 unspecified atom stereocenters. The summed E-state index contributed by atoms with van der Waals surface area (Å²) in [5, 5.41) is 43.2. The van der Waals surface area contributed by atoms with Gasteiger partial charge in [-0.2, -0.15) is 0 Å². The zero-order chi connectivity index (χ0) is 79.4.